The molecule has 0 atom stereocenters. The van der Waals surface area contributed by atoms with Gasteiger partial charge >= 0.3 is 0 Å². The second-order valence-electron chi connectivity index (χ2n) is 3.31. The van der Waals surface area contributed by atoms with Crippen molar-refractivity contribution in [2.75, 3.05) is 6.61 Å². The molecule has 0 aromatic rings. The topological polar surface area (TPSA) is 20.2 Å². The highest BCUT2D eigenvalue weighted by Gasteiger charge is 2.23. The van der Waals surface area contributed by atoms with Gasteiger partial charge in [-0.25, -0.2) is 0 Å². The van der Waals surface area contributed by atoms with Gasteiger partial charge in [-0.2, -0.15) is 0 Å². The fraction of sp³-hybridized carbons (Fsp3) is 1.00. The summed E-state index contributed by atoms with van der Waals surface area (Å²) in [6, 6.07) is 0. The fourth-order valence-electron chi connectivity index (χ4n) is 1.68. The van der Waals surface area contributed by atoms with E-state index in [0.29, 0.717) is 6.61 Å². The number of aliphatic hydroxyl groups is 1. The Kier molecular flexibility index (Phi) is 2.52. The molecule has 1 aliphatic rings. The second kappa shape index (κ2) is 3.21. The molecule has 0 aromatic carbocycles. The van der Waals surface area contributed by atoms with Crippen LogP contribution >= 0.6 is 0 Å². The van der Waals surface area contributed by atoms with Crippen LogP contribution in [0.3, 0.4) is 0 Å². The molecule has 1 rings (SSSR count). The lowest BCUT2D eigenvalue weighted by Crippen LogP contribution is -2.20. The molecule has 0 heterocycles. The molecular formula is C8H16O. The zero-order valence-corrected chi connectivity index (χ0v) is 6.14. The van der Waals surface area contributed by atoms with Crippen LogP contribution in [0.15, 0.2) is 0 Å². The first-order valence-corrected chi connectivity index (χ1v) is 3.93. The van der Waals surface area contributed by atoms with E-state index in [1.165, 1.54) is 19.3 Å². The summed E-state index contributed by atoms with van der Waals surface area (Å²) in [4.78, 5) is 0. The van der Waals surface area contributed by atoms with Gasteiger partial charge in [-0.1, -0.05) is 6.92 Å². The van der Waals surface area contributed by atoms with Crippen molar-refractivity contribution in [1.29, 1.82) is 0 Å². The molecule has 0 radical (unpaired) electrons. The normalized spacial score (nSPS) is 34.0. The lowest BCUT2D eigenvalue weighted by molar-refractivity contribution is 0.178. The van der Waals surface area contributed by atoms with Crippen LogP contribution in [0.4, 0.5) is 0 Å². The molecule has 0 saturated heterocycles. The predicted molar refractivity (Wildman–Crippen MR) is 38.2 cm³/mol. The van der Waals surface area contributed by atoms with Gasteiger partial charge in [0, 0.05) is 6.61 Å². The molecule has 0 aliphatic heterocycles. The van der Waals surface area contributed by atoms with Gasteiger partial charge in [0.25, 0.3) is 0 Å². The van der Waals surface area contributed by atoms with Gasteiger partial charge in [-0.3, -0.25) is 0 Å². The fourth-order valence-corrected chi connectivity index (χ4v) is 1.68. The first kappa shape index (κ1) is 7.07. The van der Waals surface area contributed by atoms with Gasteiger partial charge in [-0.05, 0) is 37.5 Å². The van der Waals surface area contributed by atoms with E-state index in [2.05, 4.69) is 6.92 Å². The summed E-state index contributed by atoms with van der Waals surface area (Å²) in [5.41, 5.74) is 0. The van der Waals surface area contributed by atoms with E-state index in [1.54, 1.807) is 0 Å². The highest BCUT2D eigenvalue weighted by Crippen LogP contribution is 2.35. The van der Waals surface area contributed by atoms with E-state index in [0.717, 1.165) is 18.3 Å². The maximum atomic E-state index is 8.50. The molecule has 0 unspecified atom stereocenters. The molecule has 54 valence electrons. The van der Waals surface area contributed by atoms with Crippen LogP contribution in [0.2, 0.25) is 0 Å². The van der Waals surface area contributed by atoms with E-state index in [1.807, 2.05) is 0 Å². The van der Waals surface area contributed by atoms with E-state index < -0.39 is 0 Å². The van der Waals surface area contributed by atoms with E-state index in [4.69, 9.17) is 5.11 Å². The van der Waals surface area contributed by atoms with Crippen molar-refractivity contribution >= 4 is 0 Å². The van der Waals surface area contributed by atoms with E-state index in [-0.39, 0.29) is 0 Å². The van der Waals surface area contributed by atoms with Crippen molar-refractivity contribution in [3.05, 3.63) is 0 Å². The van der Waals surface area contributed by atoms with Crippen LogP contribution in [-0.4, -0.2) is 11.7 Å². The smallest absolute Gasteiger partial charge is 0.0431 e. The maximum Gasteiger partial charge on any atom is 0.0431 e. The predicted octanol–water partition coefficient (Wildman–Crippen LogP) is 1.80. The third kappa shape index (κ3) is 1.98. The Bertz CT molecular complexity index is 74.6. The molecule has 1 heteroatoms. The molecule has 1 N–H and O–H groups in total. The summed E-state index contributed by atoms with van der Waals surface area (Å²) in [5, 5.41) is 8.50. The standard InChI is InChI=1S/C8H16O/c1-7-5-8(6-7)3-2-4-9/h7-9H,2-6H2,1H3. The largest absolute Gasteiger partial charge is 0.396 e. The Morgan fingerprint density at radius 2 is 2.11 bits per heavy atom. The summed E-state index contributed by atoms with van der Waals surface area (Å²) < 4.78 is 0. The van der Waals surface area contributed by atoms with Crippen molar-refractivity contribution < 1.29 is 5.11 Å². The third-order valence-corrected chi connectivity index (χ3v) is 2.24. The second-order valence-corrected chi connectivity index (χ2v) is 3.31. The zero-order valence-electron chi connectivity index (χ0n) is 6.14. The maximum absolute atomic E-state index is 8.50. The van der Waals surface area contributed by atoms with Crippen molar-refractivity contribution in [2.24, 2.45) is 11.8 Å². The first-order chi connectivity index (χ1) is 4.33. The SMILES string of the molecule is CC1CC(CCCO)C1. The Morgan fingerprint density at radius 1 is 1.44 bits per heavy atom. The molecule has 1 saturated carbocycles. The minimum absolute atomic E-state index is 0.380. The molecule has 0 amide bonds. The number of hydrogen-bond donors (Lipinski definition) is 1. The van der Waals surface area contributed by atoms with Crippen LogP contribution in [0.25, 0.3) is 0 Å². The minimum atomic E-state index is 0.380. The van der Waals surface area contributed by atoms with Crippen molar-refractivity contribution in [3.63, 3.8) is 0 Å². The molecular weight excluding hydrogens is 112 g/mol. The zero-order chi connectivity index (χ0) is 6.69. The quantitative estimate of drug-likeness (QED) is 0.614. The molecule has 1 fully saturated rings. The van der Waals surface area contributed by atoms with Crippen molar-refractivity contribution in [3.8, 4) is 0 Å². The third-order valence-electron chi connectivity index (χ3n) is 2.24. The Morgan fingerprint density at radius 3 is 2.56 bits per heavy atom. The van der Waals surface area contributed by atoms with Crippen LogP contribution in [0, 0.1) is 11.8 Å². The van der Waals surface area contributed by atoms with Gasteiger partial charge in [0.2, 0.25) is 0 Å². The Labute approximate surface area is 57.1 Å². The molecule has 0 bridgehead atoms. The highest BCUT2D eigenvalue weighted by atomic mass is 16.2. The average molecular weight is 128 g/mol. The molecule has 9 heavy (non-hydrogen) atoms. The Balaban J connectivity index is 1.91. The molecule has 0 spiro atoms. The van der Waals surface area contributed by atoms with Crippen LogP contribution in [-0.2, 0) is 0 Å². The number of rotatable bonds is 3. The minimum Gasteiger partial charge on any atom is -0.396 e. The van der Waals surface area contributed by atoms with Gasteiger partial charge in [-0.15, -0.1) is 0 Å². The van der Waals surface area contributed by atoms with Crippen LogP contribution < -0.4 is 0 Å². The molecule has 1 aliphatic carbocycles. The van der Waals surface area contributed by atoms with Gasteiger partial charge < -0.3 is 5.11 Å². The van der Waals surface area contributed by atoms with Gasteiger partial charge in [0.15, 0.2) is 0 Å². The Hall–Kier alpha value is -0.0400. The molecule has 0 aromatic heterocycles. The summed E-state index contributed by atoms with van der Waals surface area (Å²) in [6.45, 7) is 2.68. The van der Waals surface area contributed by atoms with E-state index >= 15 is 0 Å². The van der Waals surface area contributed by atoms with Crippen molar-refractivity contribution in [2.45, 2.75) is 32.6 Å². The monoisotopic (exact) mass is 128 g/mol. The van der Waals surface area contributed by atoms with E-state index in [9.17, 15) is 0 Å². The van der Waals surface area contributed by atoms with Gasteiger partial charge in [0.1, 0.15) is 0 Å². The summed E-state index contributed by atoms with van der Waals surface area (Å²) in [6.07, 6.45) is 5.07. The number of hydrogen-bond acceptors (Lipinski definition) is 1. The summed E-state index contributed by atoms with van der Waals surface area (Å²) >= 11 is 0. The lowest BCUT2D eigenvalue weighted by atomic mass is 9.74. The first-order valence-electron chi connectivity index (χ1n) is 3.93. The summed E-state index contributed by atoms with van der Waals surface area (Å²) in [5.74, 6) is 1.92. The number of aliphatic hydroxyl groups excluding tert-OH is 1. The van der Waals surface area contributed by atoms with Crippen molar-refractivity contribution in [1.82, 2.24) is 0 Å². The van der Waals surface area contributed by atoms with Crippen LogP contribution in [0.5, 0.6) is 0 Å². The summed E-state index contributed by atoms with van der Waals surface area (Å²) in [7, 11) is 0. The van der Waals surface area contributed by atoms with Gasteiger partial charge in [0.05, 0.1) is 0 Å². The molecule has 1 nitrogen and oxygen atoms in total. The van der Waals surface area contributed by atoms with Crippen LogP contribution in [0.1, 0.15) is 32.6 Å². The highest BCUT2D eigenvalue weighted by molar-refractivity contribution is 4.75. The average Bonchev–Trinajstić information content (AvgIpc) is 1.78. The lowest BCUT2D eigenvalue weighted by Gasteiger charge is -2.32.